The van der Waals surface area contributed by atoms with E-state index in [-0.39, 0.29) is 11.3 Å². The Labute approximate surface area is 127 Å². The van der Waals surface area contributed by atoms with Gasteiger partial charge in [-0.05, 0) is 24.0 Å². The molecule has 0 spiro atoms. The highest BCUT2D eigenvalue weighted by Crippen LogP contribution is 2.21. The third-order valence-corrected chi connectivity index (χ3v) is 3.60. The molecule has 2 rings (SSSR count). The number of aromatic nitrogens is 1. The van der Waals surface area contributed by atoms with E-state index in [9.17, 15) is 4.79 Å². The van der Waals surface area contributed by atoms with Gasteiger partial charge in [-0.2, -0.15) is 0 Å². The first-order chi connectivity index (χ1) is 9.94. The second-order valence-corrected chi connectivity index (χ2v) is 6.75. The molecule has 0 radical (unpaired) electrons. The van der Waals surface area contributed by atoms with E-state index in [2.05, 4.69) is 41.3 Å². The number of carbonyl (C=O) groups excluding carboxylic acids is 1. The largest absolute Gasteiger partial charge is 0.368 e. The lowest BCUT2D eigenvalue weighted by atomic mass is 9.90. The molecule has 0 aromatic carbocycles. The lowest BCUT2D eigenvalue weighted by molar-refractivity contribution is -0.116. The number of pyridine rings is 1. The first kappa shape index (κ1) is 15.8. The van der Waals surface area contributed by atoms with Crippen LogP contribution in [0.25, 0.3) is 0 Å². The number of anilines is 2. The van der Waals surface area contributed by atoms with Gasteiger partial charge in [0.2, 0.25) is 5.91 Å². The molecule has 5 nitrogen and oxygen atoms in total. The van der Waals surface area contributed by atoms with Gasteiger partial charge < -0.3 is 15.5 Å². The summed E-state index contributed by atoms with van der Waals surface area (Å²) in [6.45, 7) is 10.4. The lowest BCUT2D eigenvalue weighted by Crippen LogP contribution is -2.43. The number of hydrogen-bond acceptors (Lipinski definition) is 4. The van der Waals surface area contributed by atoms with Crippen LogP contribution in [0.1, 0.15) is 33.6 Å². The molecule has 0 bridgehead atoms. The fourth-order valence-electron chi connectivity index (χ4n) is 2.26. The zero-order chi connectivity index (χ0) is 15.3. The van der Waals surface area contributed by atoms with Crippen molar-refractivity contribution >= 4 is 17.4 Å². The highest BCUT2D eigenvalue weighted by Gasteiger charge is 2.14. The van der Waals surface area contributed by atoms with Crippen molar-refractivity contribution in [2.75, 3.05) is 36.4 Å². The van der Waals surface area contributed by atoms with Crippen molar-refractivity contribution in [2.45, 2.75) is 33.6 Å². The van der Waals surface area contributed by atoms with Crippen LogP contribution in [0.15, 0.2) is 18.3 Å². The van der Waals surface area contributed by atoms with E-state index in [4.69, 9.17) is 0 Å². The summed E-state index contributed by atoms with van der Waals surface area (Å²) in [5, 5.41) is 6.19. The second kappa shape index (κ2) is 6.89. The maximum Gasteiger partial charge on any atom is 0.225 e. The van der Waals surface area contributed by atoms with Crippen LogP contribution in [0.5, 0.6) is 0 Å². The van der Waals surface area contributed by atoms with Crippen LogP contribution in [0.4, 0.5) is 11.5 Å². The minimum absolute atomic E-state index is 0.0346. The van der Waals surface area contributed by atoms with E-state index in [0.29, 0.717) is 12.2 Å². The van der Waals surface area contributed by atoms with E-state index >= 15 is 0 Å². The average Bonchev–Trinajstić information content (AvgIpc) is 2.46. The summed E-state index contributed by atoms with van der Waals surface area (Å²) in [7, 11) is 0. The Hall–Kier alpha value is -1.62. The van der Waals surface area contributed by atoms with Crippen LogP contribution in [0.3, 0.4) is 0 Å². The first-order valence-electron chi connectivity index (χ1n) is 7.66. The second-order valence-electron chi connectivity index (χ2n) is 6.75. The quantitative estimate of drug-likeness (QED) is 0.893. The molecule has 116 valence electrons. The summed E-state index contributed by atoms with van der Waals surface area (Å²) < 4.78 is 0. The van der Waals surface area contributed by atoms with Crippen molar-refractivity contribution in [3.8, 4) is 0 Å². The van der Waals surface area contributed by atoms with Gasteiger partial charge in [-0.1, -0.05) is 20.8 Å². The average molecular weight is 290 g/mol. The molecule has 0 atom stereocenters. The van der Waals surface area contributed by atoms with Crippen LogP contribution in [-0.4, -0.2) is 37.1 Å². The van der Waals surface area contributed by atoms with Crippen LogP contribution in [-0.2, 0) is 4.79 Å². The van der Waals surface area contributed by atoms with Crippen molar-refractivity contribution in [1.82, 2.24) is 10.3 Å². The van der Waals surface area contributed by atoms with Crippen molar-refractivity contribution in [2.24, 2.45) is 5.41 Å². The third kappa shape index (κ3) is 5.34. The molecule has 1 aliphatic heterocycles. The van der Waals surface area contributed by atoms with Gasteiger partial charge in [-0.15, -0.1) is 0 Å². The standard InChI is InChI=1S/C16H26N4O/c1-16(2,3)7-6-15(21)19-14-5-4-13(12-18-14)20-10-8-17-9-11-20/h4-5,12,17H,6-11H2,1-3H3,(H,18,19,21). The SMILES string of the molecule is CC(C)(C)CCC(=O)Nc1ccc(N2CCNCC2)cn1. The van der Waals surface area contributed by atoms with Gasteiger partial charge in [-0.3, -0.25) is 4.79 Å². The summed E-state index contributed by atoms with van der Waals surface area (Å²) in [4.78, 5) is 18.5. The smallest absolute Gasteiger partial charge is 0.225 e. The Bertz CT molecular complexity index is 458. The van der Waals surface area contributed by atoms with E-state index in [1.807, 2.05) is 18.3 Å². The minimum Gasteiger partial charge on any atom is -0.368 e. The summed E-state index contributed by atoms with van der Waals surface area (Å²) in [6, 6.07) is 3.91. The Kier molecular flexibility index (Phi) is 5.17. The van der Waals surface area contributed by atoms with Crippen LogP contribution >= 0.6 is 0 Å². The fourth-order valence-corrected chi connectivity index (χ4v) is 2.26. The molecule has 0 saturated carbocycles. The summed E-state index contributed by atoms with van der Waals surface area (Å²) >= 11 is 0. The molecule has 2 N–H and O–H groups in total. The Morgan fingerprint density at radius 2 is 2.05 bits per heavy atom. The normalized spacial score (nSPS) is 15.9. The molecular formula is C16H26N4O. The van der Waals surface area contributed by atoms with Crippen molar-refractivity contribution in [1.29, 1.82) is 0 Å². The maximum atomic E-state index is 11.9. The monoisotopic (exact) mass is 290 g/mol. The number of nitrogens with one attached hydrogen (secondary N) is 2. The Morgan fingerprint density at radius 3 is 2.62 bits per heavy atom. The molecular weight excluding hydrogens is 264 g/mol. The van der Waals surface area contributed by atoms with E-state index < -0.39 is 0 Å². The Balaban J connectivity index is 1.85. The van der Waals surface area contributed by atoms with Gasteiger partial charge in [0.25, 0.3) is 0 Å². The highest BCUT2D eigenvalue weighted by atomic mass is 16.1. The molecule has 5 heteroatoms. The summed E-state index contributed by atoms with van der Waals surface area (Å²) in [6.07, 6.45) is 3.24. The molecule has 0 aliphatic carbocycles. The molecule has 2 heterocycles. The highest BCUT2D eigenvalue weighted by molar-refractivity contribution is 5.89. The maximum absolute atomic E-state index is 11.9. The number of nitrogens with zero attached hydrogens (tertiary/aromatic N) is 2. The molecule has 1 aromatic heterocycles. The predicted molar refractivity (Wildman–Crippen MR) is 86.6 cm³/mol. The van der Waals surface area contributed by atoms with E-state index in [0.717, 1.165) is 38.3 Å². The summed E-state index contributed by atoms with van der Waals surface area (Å²) in [5.41, 5.74) is 1.29. The molecule has 1 aromatic rings. The fraction of sp³-hybridized carbons (Fsp3) is 0.625. The van der Waals surface area contributed by atoms with Gasteiger partial charge in [0.05, 0.1) is 11.9 Å². The lowest BCUT2D eigenvalue weighted by Gasteiger charge is -2.29. The molecule has 1 aliphatic rings. The number of carbonyl (C=O) groups is 1. The zero-order valence-corrected chi connectivity index (χ0v) is 13.3. The van der Waals surface area contributed by atoms with Crippen molar-refractivity contribution in [3.05, 3.63) is 18.3 Å². The van der Waals surface area contributed by atoms with Gasteiger partial charge >= 0.3 is 0 Å². The van der Waals surface area contributed by atoms with Crippen molar-refractivity contribution < 1.29 is 4.79 Å². The first-order valence-corrected chi connectivity index (χ1v) is 7.66. The van der Waals surface area contributed by atoms with Gasteiger partial charge in [0.1, 0.15) is 5.82 Å². The molecule has 21 heavy (non-hydrogen) atoms. The minimum atomic E-state index is 0.0346. The number of amides is 1. The molecule has 1 fully saturated rings. The van der Waals surface area contributed by atoms with Crippen LogP contribution in [0.2, 0.25) is 0 Å². The van der Waals surface area contributed by atoms with Gasteiger partial charge in [-0.25, -0.2) is 4.98 Å². The Morgan fingerprint density at radius 1 is 1.33 bits per heavy atom. The van der Waals surface area contributed by atoms with Gasteiger partial charge in [0.15, 0.2) is 0 Å². The zero-order valence-electron chi connectivity index (χ0n) is 13.3. The summed E-state index contributed by atoms with van der Waals surface area (Å²) in [5.74, 6) is 0.667. The van der Waals surface area contributed by atoms with Gasteiger partial charge in [0, 0.05) is 32.6 Å². The number of piperazine rings is 1. The van der Waals surface area contributed by atoms with Crippen LogP contribution < -0.4 is 15.5 Å². The molecule has 1 amide bonds. The third-order valence-electron chi connectivity index (χ3n) is 3.60. The van der Waals surface area contributed by atoms with Crippen molar-refractivity contribution in [3.63, 3.8) is 0 Å². The molecule has 0 unspecified atom stereocenters. The topological polar surface area (TPSA) is 57.3 Å². The number of rotatable bonds is 4. The van der Waals surface area contributed by atoms with Crippen LogP contribution in [0, 0.1) is 5.41 Å². The predicted octanol–water partition coefficient (Wildman–Crippen LogP) is 2.26. The van der Waals surface area contributed by atoms with E-state index in [1.165, 1.54) is 0 Å². The van der Waals surface area contributed by atoms with E-state index in [1.54, 1.807) is 0 Å². The molecule has 1 saturated heterocycles. The number of hydrogen-bond donors (Lipinski definition) is 2.